The number of methoxy groups -OCH3 is 1. The zero-order valence-corrected chi connectivity index (χ0v) is 21.7. The third-order valence-corrected chi connectivity index (χ3v) is 6.48. The topological polar surface area (TPSA) is 51.5 Å². The molecule has 0 unspecified atom stereocenters. The van der Waals surface area contributed by atoms with E-state index >= 15 is 4.39 Å². The molecule has 4 rings (SSSR count). The van der Waals surface area contributed by atoms with E-state index in [1.54, 1.807) is 12.1 Å². The summed E-state index contributed by atoms with van der Waals surface area (Å²) in [5.74, 6) is -4.74. The van der Waals surface area contributed by atoms with E-state index in [1.807, 2.05) is 0 Å². The molecule has 0 saturated heterocycles. The first-order chi connectivity index (χ1) is 19.8. The fourth-order valence-electron chi connectivity index (χ4n) is 4.40. The maximum absolute atomic E-state index is 15.4. The second-order valence-corrected chi connectivity index (χ2v) is 8.91. The van der Waals surface area contributed by atoms with Gasteiger partial charge in [0.2, 0.25) is 17.0 Å². The van der Waals surface area contributed by atoms with Crippen molar-refractivity contribution in [3.8, 4) is 34.8 Å². The summed E-state index contributed by atoms with van der Waals surface area (Å²) in [6.45, 7) is 1.15. The molecule has 0 aliphatic rings. The molecule has 4 aromatic carbocycles. The van der Waals surface area contributed by atoms with E-state index < -0.39 is 63.3 Å². The van der Waals surface area contributed by atoms with E-state index in [9.17, 15) is 36.0 Å². The van der Waals surface area contributed by atoms with Crippen LogP contribution in [0, 0.1) is 29.9 Å². The first-order valence-electron chi connectivity index (χ1n) is 12.0. The molecular weight excluding hydrogens is 574 g/mol. The average molecular weight is 593 g/mol. The highest BCUT2D eigenvalue weighted by molar-refractivity contribution is 5.57. The lowest BCUT2D eigenvalue weighted by molar-refractivity contribution is -0.288. The van der Waals surface area contributed by atoms with E-state index in [0.717, 1.165) is 31.2 Å². The number of hydrogen-bond acceptors (Lipinski definition) is 4. The number of ether oxygens (including phenoxy) is 3. The SMILES string of the molecule is COc1ccc(C(c2ccc(Oc3c(F)c(Oc4ccccc4)c(F)c(C)c3C#N)cc2)(C(F)(F)F)C(F)(F)F)cc1. The van der Waals surface area contributed by atoms with Crippen molar-refractivity contribution >= 4 is 0 Å². The minimum atomic E-state index is -5.85. The van der Waals surface area contributed by atoms with E-state index in [-0.39, 0.29) is 17.1 Å². The number of halogens is 8. The van der Waals surface area contributed by atoms with Gasteiger partial charge in [-0.3, -0.25) is 0 Å². The molecule has 0 heterocycles. The van der Waals surface area contributed by atoms with E-state index in [2.05, 4.69) is 0 Å². The number of hydrogen-bond donors (Lipinski definition) is 0. The minimum Gasteiger partial charge on any atom is -0.497 e. The molecule has 0 fully saturated rings. The second-order valence-electron chi connectivity index (χ2n) is 8.91. The van der Waals surface area contributed by atoms with Crippen LogP contribution in [0.3, 0.4) is 0 Å². The van der Waals surface area contributed by atoms with Crippen molar-refractivity contribution in [2.45, 2.75) is 24.7 Å². The predicted octanol–water partition coefficient (Wildman–Crippen LogP) is 9.15. The maximum Gasteiger partial charge on any atom is 0.411 e. The van der Waals surface area contributed by atoms with Crippen molar-refractivity contribution in [2.24, 2.45) is 0 Å². The van der Waals surface area contributed by atoms with Gasteiger partial charge in [0.05, 0.1) is 7.11 Å². The van der Waals surface area contributed by atoms with Crippen molar-refractivity contribution in [1.29, 1.82) is 5.26 Å². The molecule has 0 aliphatic heterocycles. The van der Waals surface area contributed by atoms with E-state index in [4.69, 9.17) is 14.2 Å². The molecule has 0 atom stereocenters. The number of benzene rings is 4. The number of rotatable bonds is 7. The Bertz CT molecular complexity index is 1600. The molecule has 0 aromatic heterocycles. The number of para-hydroxylation sites is 1. The lowest BCUT2D eigenvalue weighted by atomic mass is 9.73. The Labute approximate surface area is 234 Å². The summed E-state index contributed by atoms with van der Waals surface area (Å²) in [6, 6.07) is 14.9. The molecule has 0 N–H and O–H groups in total. The van der Waals surface area contributed by atoms with Crippen LogP contribution in [0.5, 0.6) is 28.7 Å². The van der Waals surface area contributed by atoms with Crippen molar-refractivity contribution in [3.63, 3.8) is 0 Å². The van der Waals surface area contributed by atoms with Crippen LogP contribution >= 0.6 is 0 Å². The van der Waals surface area contributed by atoms with Gasteiger partial charge in [0, 0.05) is 5.56 Å². The molecule has 4 aromatic rings. The van der Waals surface area contributed by atoms with Crippen LogP contribution in [-0.4, -0.2) is 19.5 Å². The summed E-state index contributed by atoms with van der Waals surface area (Å²) in [5, 5.41) is 9.54. The number of nitriles is 1. The van der Waals surface area contributed by atoms with Crippen LogP contribution in [0.25, 0.3) is 0 Å². The highest BCUT2D eigenvalue weighted by atomic mass is 19.4. The van der Waals surface area contributed by atoms with Gasteiger partial charge in [0.25, 0.3) is 0 Å². The van der Waals surface area contributed by atoms with Gasteiger partial charge in [0.1, 0.15) is 28.9 Å². The Hall–Kier alpha value is -4.79. The van der Waals surface area contributed by atoms with Gasteiger partial charge in [-0.15, -0.1) is 0 Å². The number of nitrogens with zero attached hydrogens (tertiary/aromatic N) is 1. The molecule has 0 spiro atoms. The van der Waals surface area contributed by atoms with Crippen LogP contribution in [-0.2, 0) is 5.41 Å². The van der Waals surface area contributed by atoms with Crippen LogP contribution in [0.1, 0.15) is 22.3 Å². The summed E-state index contributed by atoms with van der Waals surface area (Å²) < 4.78 is 132. The minimum absolute atomic E-state index is 0.0428. The Kier molecular flexibility index (Phi) is 8.07. The fraction of sp³-hybridized carbons (Fsp3) is 0.167. The second kappa shape index (κ2) is 11.2. The smallest absolute Gasteiger partial charge is 0.411 e. The highest BCUT2D eigenvalue weighted by Gasteiger charge is 2.72. The zero-order valence-electron chi connectivity index (χ0n) is 21.7. The molecule has 0 bridgehead atoms. The third-order valence-electron chi connectivity index (χ3n) is 6.48. The van der Waals surface area contributed by atoms with Gasteiger partial charge in [-0.1, -0.05) is 42.5 Å². The van der Waals surface area contributed by atoms with Gasteiger partial charge >= 0.3 is 12.4 Å². The molecule has 4 nitrogen and oxygen atoms in total. The molecule has 42 heavy (non-hydrogen) atoms. The monoisotopic (exact) mass is 593 g/mol. The largest absolute Gasteiger partial charge is 0.497 e. The zero-order chi connectivity index (χ0) is 30.9. The van der Waals surface area contributed by atoms with Gasteiger partial charge in [-0.05, 0) is 54.4 Å². The summed E-state index contributed by atoms with van der Waals surface area (Å²) in [6.07, 6.45) is -11.7. The Morgan fingerprint density at radius 2 is 1.07 bits per heavy atom. The third kappa shape index (κ3) is 5.18. The summed E-state index contributed by atoms with van der Waals surface area (Å²) in [5.41, 5.74) is -7.72. The van der Waals surface area contributed by atoms with Gasteiger partial charge in [-0.25, -0.2) is 4.39 Å². The lowest BCUT2D eigenvalue weighted by Gasteiger charge is -2.38. The van der Waals surface area contributed by atoms with Gasteiger partial charge in [-0.2, -0.15) is 36.0 Å². The standard InChI is InChI=1S/C30H19F8NO3/c1-17-23(16-39)26(25(32)27(24(17)31)42-21-6-4-3-5-7-21)41-22-14-10-19(11-15-22)28(29(33,34)35,30(36,37)38)18-8-12-20(40-2)13-9-18/h3-15H,1-2H3. The Balaban J connectivity index is 1.81. The maximum atomic E-state index is 15.4. The summed E-state index contributed by atoms with van der Waals surface area (Å²) >= 11 is 0. The van der Waals surface area contributed by atoms with Gasteiger partial charge in [0.15, 0.2) is 11.6 Å². The predicted molar refractivity (Wildman–Crippen MR) is 135 cm³/mol. The van der Waals surface area contributed by atoms with E-state index in [1.165, 1.54) is 31.4 Å². The molecule has 0 radical (unpaired) electrons. The van der Waals surface area contributed by atoms with Crippen LogP contribution in [0.4, 0.5) is 35.1 Å². The van der Waals surface area contributed by atoms with Crippen molar-refractivity contribution < 1.29 is 49.3 Å². The molecule has 12 heteroatoms. The van der Waals surface area contributed by atoms with Crippen LogP contribution in [0.15, 0.2) is 78.9 Å². The Morgan fingerprint density at radius 3 is 1.52 bits per heavy atom. The fourth-order valence-corrected chi connectivity index (χ4v) is 4.40. The summed E-state index contributed by atoms with van der Waals surface area (Å²) in [7, 11) is 1.20. The quantitative estimate of drug-likeness (QED) is 0.201. The van der Waals surface area contributed by atoms with Crippen LogP contribution in [0.2, 0.25) is 0 Å². The highest BCUT2D eigenvalue weighted by Crippen LogP contribution is 2.56. The molecular formula is C30H19F8NO3. The molecule has 218 valence electrons. The summed E-state index contributed by atoms with van der Waals surface area (Å²) in [4.78, 5) is 0. The van der Waals surface area contributed by atoms with Gasteiger partial charge < -0.3 is 14.2 Å². The van der Waals surface area contributed by atoms with Crippen molar-refractivity contribution in [2.75, 3.05) is 7.11 Å². The molecule has 0 amide bonds. The molecule has 0 aliphatic carbocycles. The Morgan fingerprint density at radius 1 is 0.619 bits per heavy atom. The van der Waals surface area contributed by atoms with Crippen LogP contribution < -0.4 is 14.2 Å². The number of alkyl halides is 6. The van der Waals surface area contributed by atoms with Crippen molar-refractivity contribution in [3.05, 3.63) is 113 Å². The first-order valence-corrected chi connectivity index (χ1v) is 12.0. The van der Waals surface area contributed by atoms with E-state index in [0.29, 0.717) is 24.3 Å². The lowest BCUT2D eigenvalue weighted by Crippen LogP contribution is -2.54. The van der Waals surface area contributed by atoms with Crippen molar-refractivity contribution in [1.82, 2.24) is 0 Å². The average Bonchev–Trinajstić information content (AvgIpc) is 2.95. The molecule has 0 saturated carbocycles. The normalized spacial score (nSPS) is 12.0. The first kappa shape index (κ1) is 30.2.